The van der Waals surface area contributed by atoms with Crippen molar-refractivity contribution in [2.75, 3.05) is 25.4 Å². The highest BCUT2D eigenvalue weighted by atomic mass is 32.2. The summed E-state index contributed by atoms with van der Waals surface area (Å²) < 4.78 is 2.56. The zero-order valence-corrected chi connectivity index (χ0v) is 19.0. The fraction of sp³-hybridized carbons (Fsp3) is 0.708. The monoisotopic (exact) mass is 388 g/mol. The molecule has 1 aliphatic carbocycles. The molecule has 152 valence electrons. The molecule has 1 aliphatic rings. The zero-order valence-electron chi connectivity index (χ0n) is 18.1. The summed E-state index contributed by atoms with van der Waals surface area (Å²) in [5.41, 5.74) is 7.36. The van der Waals surface area contributed by atoms with E-state index in [1.807, 2.05) is 11.9 Å². The summed E-state index contributed by atoms with van der Waals surface area (Å²) >= 11 is 2.00. The molecule has 0 atom stereocenters. The SMILES string of the molecule is CCCN=C1CCc2cc(CCCCCCN(CCC)SCC)cc(C)c21. The van der Waals surface area contributed by atoms with Gasteiger partial charge in [-0.3, -0.25) is 9.30 Å². The minimum atomic E-state index is 0.975. The van der Waals surface area contributed by atoms with Crippen molar-refractivity contribution in [1.82, 2.24) is 4.31 Å². The molecule has 27 heavy (non-hydrogen) atoms. The molecule has 0 saturated heterocycles. The Bertz CT molecular complexity index is 588. The van der Waals surface area contributed by atoms with E-state index in [1.54, 1.807) is 5.56 Å². The Kier molecular flexibility index (Phi) is 10.5. The van der Waals surface area contributed by atoms with Gasteiger partial charge in [0.05, 0.1) is 0 Å². The Morgan fingerprint density at radius 2 is 1.78 bits per heavy atom. The van der Waals surface area contributed by atoms with Gasteiger partial charge in [0, 0.05) is 36.7 Å². The van der Waals surface area contributed by atoms with Crippen LogP contribution in [0, 0.1) is 6.92 Å². The lowest BCUT2D eigenvalue weighted by molar-refractivity contribution is 0.444. The largest absolute Gasteiger partial charge is 0.289 e. The van der Waals surface area contributed by atoms with Crippen LogP contribution in [0.4, 0.5) is 0 Å². The molecule has 0 radical (unpaired) electrons. The Morgan fingerprint density at radius 1 is 0.963 bits per heavy atom. The van der Waals surface area contributed by atoms with E-state index in [1.165, 1.54) is 86.2 Å². The molecule has 2 rings (SSSR count). The molecule has 0 saturated carbocycles. The van der Waals surface area contributed by atoms with Gasteiger partial charge in [-0.05, 0) is 68.6 Å². The molecule has 0 unspecified atom stereocenters. The minimum absolute atomic E-state index is 0.975. The average Bonchev–Trinajstić information content (AvgIpc) is 3.06. The number of hydrogen-bond donors (Lipinski definition) is 0. The summed E-state index contributed by atoms with van der Waals surface area (Å²) in [5, 5.41) is 0. The maximum Gasteiger partial charge on any atom is 0.0429 e. The number of nitrogens with zero attached hydrogens (tertiary/aromatic N) is 2. The van der Waals surface area contributed by atoms with E-state index in [2.05, 4.69) is 44.1 Å². The van der Waals surface area contributed by atoms with Crippen molar-refractivity contribution in [2.24, 2.45) is 4.99 Å². The second-order valence-corrected chi connectivity index (χ2v) is 9.14. The molecule has 2 nitrogen and oxygen atoms in total. The normalized spacial score (nSPS) is 15.1. The fourth-order valence-electron chi connectivity index (χ4n) is 4.12. The van der Waals surface area contributed by atoms with E-state index in [-0.39, 0.29) is 0 Å². The maximum absolute atomic E-state index is 4.82. The Hall–Kier alpha value is -0.800. The van der Waals surface area contributed by atoms with E-state index >= 15 is 0 Å². The number of hydrogen-bond acceptors (Lipinski definition) is 3. The van der Waals surface area contributed by atoms with E-state index in [9.17, 15) is 0 Å². The molecule has 1 aromatic rings. The van der Waals surface area contributed by atoms with Crippen LogP contribution in [0.25, 0.3) is 0 Å². The van der Waals surface area contributed by atoms with Gasteiger partial charge in [0.15, 0.2) is 0 Å². The minimum Gasteiger partial charge on any atom is -0.289 e. The zero-order chi connectivity index (χ0) is 19.5. The second kappa shape index (κ2) is 12.6. The molecular weight excluding hydrogens is 348 g/mol. The van der Waals surface area contributed by atoms with Crippen LogP contribution in [0.15, 0.2) is 17.1 Å². The highest BCUT2D eigenvalue weighted by molar-refractivity contribution is 7.96. The number of benzene rings is 1. The number of fused-ring (bicyclic) bond motifs is 1. The second-order valence-electron chi connectivity index (χ2n) is 7.79. The topological polar surface area (TPSA) is 15.6 Å². The van der Waals surface area contributed by atoms with Gasteiger partial charge in [-0.1, -0.05) is 57.7 Å². The van der Waals surface area contributed by atoms with Crippen LogP contribution in [0.5, 0.6) is 0 Å². The molecule has 3 heteroatoms. The van der Waals surface area contributed by atoms with Crippen LogP contribution in [0.2, 0.25) is 0 Å². The van der Waals surface area contributed by atoms with Gasteiger partial charge >= 0.3 is 0 Å². The van der Waals surface area contributed by atoms with Gasteiger partial charge in [-0.25, -0.2) is 0 Å². The number of unbranched alkanes of at least 4 members (excludes halogenated alkanes) is 3. The van der Waals surface area contributed by atoms with E-state index in [4.69, 9.17) is 4.99 Å². The van der Waals surface area contributed by atoms with Crippen LogP contribution in [0.3, 0.4) is 0 Å². The van der Waals surface area contributed by atoms with Crippen molar-refractivity contribution in [2.45, 2.75) is 85.5 Å². The standard InChI is InChI=1S/C24H40N2S/c1-5-15-25-23-14-13-22-19-21(18-20(4)24(22)23)12-10-8-9-11-17-26(16-6-2)27-7-3/h18-19H,5-17H2,1-4H3. The Morgan fingerprint density at radius 3 is 2.52 bits per heavy atom. The van der Waals surface area contributed by atoms with Crippen molar-refractivity contribution in [3.05, 3.63) is 34.4 Å². The summed E-state index contributed by atoms with van der Waals surface area (Å²) in [6, 6.07) is 4.89. The lowest BCUT2D eigenvalue weighted by Crippen LogP contribution is -2.18. The van der Waals surface area contributed by atoms with Gasteiger partial charge in [0.25, 0.3) is 0 Å². The van der Waals surface area contributed by atoms with E-state index < -0.39 is 0 Å². The molecular formula is C24H40N2S. The van der Waals surface area contributed by atoms with Gasteiger partial charge in [0.1, 0.15) is 0 Å². The van der Waals surface area contributed by atoms with Crippen molar-refractivity contribution in [3.8, 4) is 0 Å². The molecule has 0 aromatic heterocycles. The highest BCUT2D eigenvalue weighted by Crippen LogP contribution is 2.28. The summed E-state index contributed by atoms with van der Waals surface area (Å²) in [4.78, 5) is 4.82. The molecule has 0 N–H and O–H groups in total. The van der Waals surface area contributed by atoms with Crippen LogP contribution < -0.4 is 0 Å². The Balaban J connectivity index is 1.75. The molecule has 0 heterocycles. The predicted molar refractivity (Wildman–Crippen MR) is 123 cm³/mol. The van der Waals surface area contributed by atoms with Crippen molar-refractivity contribution >= 4 is 17.7 Å². The van der Waals surface area contributed by atoms with Gasteiger partial charge in [-0.15, -0.1) is 0 Å². The number of rotatable bonds is 13. The van der Waals surface area contributed by atoms with Crippen molar-refractivity contribution in [3.63, 3.8) is 0 Å². The molecule has 0 amide bonds. The molecule has 0 spiro atoms. The maximum atomic E-state index is 4.82. The molecule has 0 fully saturated rings. The van der Waals surface area contributed by atoms with Crippen molar-refractivity contribution < 1.29 is 0 Å². The fourth-order valence-corrected chi connectivity index (χ4v) is 5.06. The third-order valence-electron chi connectivity index (χ3n) is 5.33. The first kappa shape index (κ1) is 22.5. The number of aryl methyl sites for hydroxylation is 3. The first-order valence-corrected chi connectivity index (χ1v) is 12.2. The number of aliphatic imine (C=N–C) groups is 1. The first-order valence-electron chi connectivity index (χ1n) is 11.2. The first-order chi connectivity index (χ1) is 13.2. The highest BCUT2D eigenvalue weighted by Gasteiger charge is 2.20. The van der Waals surface area contributed by atoms with Gasteiger partial charge in [0.2, 0.25) is 0 Å². The molecule has 0 bridgehead atoms. The molecule has 0 aliphatic heterocycles. The average molecular weight is 389 g/mol. The van der Waals surface area contributed by atoms with Crippen molar-refractivity contribution in [1.29, 1.82) is 0 Å². The lowest BCUT2D eigenvalue weighted by atomic mass is 9.97. The smallest absolute Gasteiger partial charge is 0.0429 e. The van der Waals surface area contributed by atoms with Gasteiger partial charge < -0.3 is 0 Å². The van der Waals surface area contributed by atoms with Crippen LogP contribution in [-0.4, -0.2) is 35.4 Å². The van der Waals surface area contributed by atoms with Crippen LogP contribution >= 0.6 is 11.9 Å². The summed E-state index contributed by atoms with van der Waals surface area (Å²) in [7, 11) is 0. The summed E-state index contributed by atoms with van der Waals surface area (Å²) in [6.45, 7) is 12.5. The predicted octanol–water partition coefficient (Wildman–Crippen LogP) is 6.62. The quantitative estimate of drug-likeness (QED) is 0.278. The lowest BCUT2D eigenvalue weighted by Gasteiger charge is -2.19. The summed E-state index contributed by atoms with van der Waals surface area (Å²) in [5.74, 6) is 1.20. The third kappa shape index (κ3) is 7.27. The molecule has 1 aromatic carbocycles. The van der Waals surface area contributed by atoms with Gasteiger partial charge in [-0.2, -0.15) is 0 Å². The third-order valence-corrected chi connectivity index (χ3v) is 6.32. The van der Waals surface area contributed by atoms with Crippen LogP contribution in [0.1, 0.15) is 88.0 Å². The van der Waals surface area contributed by atoms with E-state index in [0.717, 1.165) is 19.4 Å². The van der Waals surface area contributed by atoms with Crippen LogP contribution in [-0.2, 0) is 12.8 Å². The Labute approximate surface area is 172 Å². The van der Waals surface area contributed by atoms with E-state index in [0.29, 0.717) is 0 Å². The summed E-state index contributed by atoms with van der Waals surface area (Å²) in [6.07, 6.45) is 11.4.